The van der Waals surface area contributed by atoms with E-state index in [-0.39, 0.29) is 5.82 Å². The van der Waals surface area contributed by atoms with Crippen LogP contribution in [0, 0.1) is 11.7 Å². The number of halogens is 1. The van der Waals surface area contributed by atoms with Crippen molar-refractivity contribution in [2.45, 2.75) is 38.6 Å². The van der Waals surface area contributed by atoms with Gasteiger partial charge in [-0.05, 0) is 37.0 Å². The third kappa shape index (κ3) is 2.65. The number of rotatable bonds is 2. The SMILES string of the molecule is CC1CCCC(Nc2cc(F)ccc2N)C1. The van der Waals surface area contributed by atoms with E-state index in [4.69, 9.17) is 5.73 Å². The van der Waals surface area contributed by atoms with Gasteiger partial charge in [0.05, 0.1) is 11.4 Å². The first-order valence-corrected chi connectivity index (χ1v) is 5.96. The Morgan fingerprint density at radius 3 is 2.94 bits per heavy atom. The first kappa shape index (κ1) is 11.2. The minimum atomic E-state index is -0.236. The summed E-state index contributed by atoms with van der Waals surface area (Å²) >= 11 is 0. The Kier molecular flexibility index (Phi) is 3.32. The van der Waals surface area contributed by atoms with Crippen molar-refractivity contribution in [1.82, 2.24) is 0 Å². The first-order chi connectivity index (χ1) is 7.65. The zero-order valence-corrected chi connectivity index (χ0v) is 9.67. The van der Waals surface area contributed by atoms with Crippen LogP contribution in [0.2, 0.25) is 0 Å². The molecule has 0 radical (unpaired) electrons. The number of nitrogens with one attached hydrogen (secondary N) is 1. The van der Waals surface area contributed by atoms with E-state index in [0.717, 1.165) is 24.4 Å². The maximum atomic E-state index is 13.1. The number of hydrogen-bond acceptors (Lipinski definition) is 2. The normalized spacial score (nSPS) is 25.4. The number of hydrogen-bond donors (Lipinski definition) is 2. The van der Waals surface area contributed by atoms with Gasteiger partial charge in [0.2, 0.25) is 0 Å². The summed E-state index contributed by atoms with van der Waals surface area (Å²) in [6, 6.07) is 4.93. The summed E-state index contributed by atoms with van der Waals surface area (Å²) in [5, 5.41) is 3.36. The van der Waals surface area contributed by atoms with Gasteiger partial charge in [0.1, 0.15) is 5.82 Å². The highest BCUT2D eigenvalue weighted by Crippen LogP contribution is 2.28. The van der Waals surface area contributed by atoms with Crippen molar-refractivity contribution in [3.8, 4) is 0 Å². The van der Waals surface area contributed by atoms with Crippen LogP contribution in [0.1, 0.15) is 32.6 Å². The van der Waals surface area contributed by atoms with E-state index in [1.54, 1.807) is 6.07 Å². The predicted molar refractivity (Wildman–Crippen MR) is 65.9 cm³/mol. The fourth-order valence-electron chi connectivity index (χ4n) is 2.44. The Morgan fingerprint density at radius 2 is 2.19 bits per heavy atom. The van der Waals surface area contributed by atoms with Gasteiger partial charge in [0.25, 0.3) is 0 Å². The van der Waals surface area contributed by atoms with E-state index in [1.807, 2.05) is 0 Å². The van der Waals surface area contributed by atoms with E-state index < -0.39 is 0 Å². The van der Waals surface area contributed by atoms with Crippen molar-refractivity contribution in [3.05, 3.63) is 24.0 Å². The minimum absolute atomic E-state index is 0.236. The number of nitrogen functional groups attached to an aromatic ring is 1. The molecule has 1 aliphatic rings. The van der Waals surface area contributed by atoms with E-state index in [9.17, 15) is 4.39 Å². The second kappa shape index (κ2) is 4.73. The molecule has 1 saturated carbocycles. The van der Waals surface area contributed by atoms with Crippen LogP contribution in [0.25, 0.3) is 0 Å². The average Bonchev–Trinajstić information content (AvgIpc) is 2.24. The lowest BCUT2D eigenvalue weighted by molar-refractivity contribution is 0.358. The van der Waals surface area contributed by atoms with Crippen molar-refractivity contribution in [3.63, 3.8) is 0 Å². The van der Waals surface area contributed by atoms with Gasteiger partial charge in [-0.1, -0.05) is 19.8 Å². The molecule has 2 nitrogen and oxygen atoms in total. The Labute approximate surface area is 96.0 Å². The van der Waals surface area contributed by atoms with Gasteiger partial charge in [-0.3, -0.25) is 0 Å². The lowest BCUT2D eigenvalue weighted by atomic mass is 9.87. The zero-order valence-electron chi connectivity index (χ0n) is 9.67. The maximum Gasteiger partial charge on any atom is 0.125 e. The van der Waals surface area contributed by atoms with Crippen molar-refractivity contribution in [1.29, 1.82) is 0 Å². The van der Waals surface area contributed by atoms with Gasteiger partial charge in [0.15, 0.2) is 0 Å². The van der Waals surface area contributed by atoms with E-state index in [2.05, 4.69) is 12.2 Å². The van der Waals surface area contributed by atoms with Gasteiger partial charge in [-0.15, -0.1) is 0 Å². The molecule has 1 aromatic rings. The fraction of sp³-hybridized carbons (Fsp3) is 0.538. The highest BCUT2D eigenvalue weighted by Gasteiger charge is 2.19. The summed E-state index contributed by atoms with van der Waals surface area (Å²) in [5.74, 6) is 0.515. The van der Waals surface area contributed by atoms with Crippen molar-refractivity contribution in [2.75, 3.05) is 11.1 Å². The summed E-state index contributed by atoms with van der Waals surface area (Å²) in [7, 11) is 0. The van der Waals surface area contributed by atoms with Gasteiger partial charge < -0.3 is 11.1 Å². The molecule has 2 rings (SSSR count). The van der Waals surface area contributed by atoms with Gasteiger partial charge in [0, 0.05) is 6.04 Å². The third-order valence-electron chi connectivity index (χ3n) is 3.31. The lowest BCUT2D eigenvalue weighted by Gasteiger charge is -2.28. The summed E-state index contributed by atoms with van der Waals surface area (Å²) in [5.41, 5.74) is 7.17. The number of nitrogens with two attached hydrogens (primary N) is 1. The summed E-state index contributed by atoms with van der Waals surface area (Å²) in [6.07, 6.45) is 4.85. The standard InChI is InChI=1S/C13H19FN2/c1-9-3-2-4-11(7-9)16-13-8-10(14)5-6-12(13)15/h5-6,8-9,11,16H,2-4,7,15H2,1H3. The molecule has 0 aromatic heterocycles. The Hall–Kier alpha value is -1.25. The molecule has 0 amide bonds. The molecule has 2 atom stereocenters. The Morgan fingerprint density at radius 1 is 1.38 bits per heavy atom. The summed E-state index contributed by atoms with van der Waals surface area (Å²) in [4.78, 5) is 0. The topological polar surface area (TPSA) is 38.0 Å². The van der Waals surface area contributed by atoms with Crippen molar-refractivity contribution >= 4 is 11.4 Å². The highest BCUT2D eigenvalue weighted by atomic mass is 19.1. The molecule has 16 heavy (non-hydrogen) atoms. The summed E-state index contributed by atoms with van der Waals surface area (Å²) < 4.78 is 13.1. The van der Waals surface area contributed by atoms with Crippen LogP contribution in [0.5, 0.6) is 0 Å². The van der Waals surface area contributed by atoms with Crippen LogP contribution in [0.4, 0.5) is 15.8 Å². The van der Waals surface area contributed by atoms with E-state index in [1.165, 1.54) is 25.0 Å². The van der Waals surface area contributed by atoms with Gasteiger partial charge in [-0.25, -0.2) is 4.39 Å². The number of benzene rings is 1. The molecular formula is C13H19FN2. The Bertz CT molecular complexity index is 365. The van der Waals surface area contributed by atoms with Crippen LogP contribution < -0.4 is 11.1 Å². The molecule has 0 bridgehead atoms. The Balaban J connectivity index is 2.05. The van der Waals surface area contributed by atoms with Crippen LogP contribution in [-0.2, 0) is 0 Å². The third-order valence-corrected chi connectivity index (χ3v) is 3.31. The predicted octanol–water partition coefficient (Wildman–Crippen LogP) is 3.40. The highest BCUT2D eigenvalue weighted by molar-refractivity contribution is 5.66. The fourth-order valence-corrected chi connectivity index (χ4v) is 2.44. The van der Waals surface area contributed by atoms with Gasteiger partial charge in [-0.2, -0.15) is 0 Å². The molecule has 0 aliphatic heterocycles. The second-order valence-corrected chi connectivity index (χ2v) is 4.84. The van der Waals surface area contributed by atoms with Crippen LogP contribution in [-0.4, -0.2) is 6.04 Å². The summed E-state index contributed by atoms with van der Waals surface area (Å²) in [6.45, 7) is 2.27. The van der Waals surface area contributed by atoms with Crippen LogP contribution in [0.15, 0.2) is 18.2 Å². The van der Waals surface area contributed by atoms with Gasteiger partial charge >= 0.3 is 0 Å². The van der Waals surface area contributed by atoms with E-state index in [0.29, 0.717) is 11.7 Å². The average molecular weight is 222 g/mol. The largest absolute Gasteiger partial charge is 0.397 e. The molecule has 3 N–H and O–H groups in total. The van der Waals surface area contributed by atoms with E-state index >= 15 is 0 Å². The van der Waals surface area contributed by atoms with Crippen LogP contribution >= 0.6 is 0 Å². The van der Waals surface area contributed by atoms with Crippen LogP contribution in [0.3, 0.4) is 0 Å². The second-order valence-electron chi connectivity index (χ2n) is 4.84. The maximum absolute atomic E-state index is 13.1. The molecule has 88 valence electrons. The van der Waals surface area contributed by atoms with Crippen molar-refractivity contribution < 1.29 is 4.39 Å². The number of anilines is 2. The van der Waals surface area contributed by atoms with Crippen molar-refractivity contribution in [2.24, 2.45) is 5.92 Å². The molecule has 0 heterocycles. The molecule has 1 fully saturated rings. The quantitative estimate of drug-likeness (QED) is 0.753. The smallest absolute Gasteiger partial charge is 0.125 e. The molecule has 0 spiro atoms. The molecule has 0 saturated heterocycles. The zero-order chi connectivity index (χ0) is 11.5. The molecule has 1 aromatic carbocycles. The molecule has 1 aliphatic carbocycles. The molecule has 2 unspecified atom stereocenters. The lowest BCUT2D eigenvalue weighted by Crippen LogP contribution is -2.26. The monoisotopic (exact) mass is 222 g/mol. The minimum Gasteiger partial charge on any atom is -0.397 e. The first-order valence-electron chi connectivity index (χ1n) is 5.96. The molecule has 3 heteroatoms. The molecular weight excluding hydrogens is 203 g/mol.